The number of aryl methyl sites for hydroxylation is 1. The summed E-state index contributed by atoms with van der Waals surface area (Å²) in [4.78, 5) is 11.7. The van der Waals surface area contributed by atoms with Crippen molar-refractivity contribution in [3.05, 3.63) is 65.0 Å². The smallest absolute Gasteiger partial charge is 0.346 e. The Kier molecular flexibility index (Phi) is 3.55. The molecule has 2 nitrogen and oxygen atoms in total. The second-order valence-corrected chi connectivity index (χ2v) is 3.93. The van der Waals surface area contributed by atoms with E-state index < -0.39 is 29.0 Å². The Morgan fingerprint density at radius 2 is 1.79 bits per heavy atom. The molecule has 0 aromatic heterocycles. The minimum absolute atomic E-state index is 0.203. The van der Waals surface area contributed by atoms with Crippen LogP contribution in [-0.4, -0.2) is 5.97 Å². The highest BCUT2D eigenvalue weighted by Gasteiger charge is 2.20. The number of rotatable bonds is 2. The summed E-state index contributed by atoms with van der Waals surface area (Å²) >= 11 is 0. The Bertz CT molecular complexity index is 639. The van der Waals surface area contributed by atoms with Crippen LogP contribution in [0, 0.1) is 24.4 Å². The van der Waals surface area contributed by atoms with Gasteiger partial charge in [-0.25, -0.2) is 18.0 Å². The van der Waals surface area contributed by atoms with Crippen LogP contribution >= 0.6 is 0 Å². The largest absolute Gasteiger partial charge is 0.423 e. The Morgan fingerprint density at radius 3 is 2.47 bits per heavy atom. The normalized spacial score (nSPS) is 10.3. The second-order valence-electron chi connectivity index (χ2n) is 3.93. The molecule has 0 saturated heterocycles. The number of hydrogen-bond donors (Lipinski definition) is 0. The zero-order chi connectivity index (χ0) is 14.0. The maximum Gasteiger partial charge on any atom is 0.346 e. The van der Waals surface area contributed by atoms with Gasteiger partial charge in [0.25, 0.3) is 0 Å². The van der Waals surface area contributed by atoms with Gasteiger partial charge in [-0.2, -0.15) is 0 Å². The van der Waals surface area contributed by atoms with Crippen molar-refractivity contribution in [1.82, 2.24) is 0 Å². The molecule has 0 fully saturated rings. The van der Waals surface area contributed by atoms with Crippen LogP contribution in [0.15, 0.2) is 36.4 Å². The molecule has 2 aromatic rings. The van der Waals surface area contributed by atoms with E-state index in [1.54, 1.807) is 25.1 Å². The Labute approximate surface area is 107 Å². The number of carbonyl (C=O) groups is 1. The highest BCUT2D eigenvalue weighted by molar-refractivity contribution is 5.91. The predicted molar refractivity (Wildman–Crippen MR) is 62.5 cm³/mol. The number of ether oxygens (including phenoxy) is 1. The maximum atomic E-state index is 13.4. The summed E-state index contributed by atoms with van der Waals surface area (Å²) < 4.78 is 44.0. The predicted octanol–water partition coefficient (Wildman–Crippen LogP) is 3.63. The SMILES string of the molecule is Cc1cccc(OC(=O)c2ccc(F)c(F)c2F)c1. The first kappa shape index (κ1) is 13.1. The summed E-state index contributed by atoms with van der Waals surface area (Å²) in [5.74, 6) is -5.49. The molecule has 2 rings (SSSR count). The van der Waals surface area contributed by atoms with Crippen LogP contribution in [0.5, 0.6) is 5.75 Å². The van der Waals surface area contributed by atoms with E-state index in [1.165, 1.54) is 6.07 Å². The molecule has 0 aliphatic carbocycles. The highest BCUT2D eigenvalue weighted by Crippen LogP contribution is 2.19. The summed E-state index contributed by atoms with van der Waals surface area (Å²) in [6.45, 7) is 1.79. The van der Waals surface area contributed by atoms with Crippen LogP contribution in [0.4, 0.5) is 13.2 Å². The van der Waals surface area contributed by atoms with Gasteiger partial charge in [0.1, 0.15) is 5.75 Å². The van der Waals surface area contributed by atoms with Crippen LogP contribution in [0.3, 0.4) is 0 Å². The molecule has 0 radical (unpaired) electrons. The lowest BCUT2D eigenvalue weighted by molar-refractivity contribution is 0.0728. The molecule has 0 N–H and O–H groups in total. The van der Waals surface area contributed by atoms with Crippen LogP contribution in [0.1, 0.15) is 15.9 Å². The van der Waals surface area contributed by atoms with Crippen LogP contribution in [0.2, 0.25) is 0 Å². The van der Waals surface area contributed by atoms with E-state index in [0.717, 1.165) is 11.6 Å². The van der Waals surface area contributed by atoms with Crippen molar-refractivity contribution in [3.8, 4) is 5.75 Å². The van der Waals surface area contributed by atoms with Gasteiger partial charge in [-0.05, 0) is 36.8 Å². The first-order valence-electron chi connectivity index (χ1n) is 5.41. The van der Waals surface area contributed by atoms with Crippen molar-refractivity contribution >= 4 is 5.97 Å². The van der Waals surface area contributed by atoms with Crippen LogP contribution in [0.25, 0.3) is 0 Å². The molecule has 98 valence electrons. The van der Waals surface area contributed by atoms with E-state index in [4.69, 9.17) is 4.74 Å². The Hall–Kier alpha value is -2.30. The van der Waals surface area contributed by atoms with E-state index >= 15 is 0 Å². The molecular weight excluding hydrogens is 257 g/mol. The zero-order valence-corrected chi connectivity index (χ0v) is 9.91. The fraction of sp³-hybridized carbons (Fsp3) is 0.0714. The molecule has 0 spiro atoms. The van der Waals surface area contributed by atoms with Crippen molar-refractivity contribution in [3.63, 3.8) is 0 Å². The van der Waals surface area contributed by atoms with Crippen LogP contribution in [-0.2, 0) is 0 Å². The van der Waals surface area contributed by atoms with Gasteiger partial charge < -0.3 is 4.74 Å². The molecule has 5 heteroatoms. The molecular formula is C14H9F3O2. The third kappa shape index (κ3) is 2.76. The number of esters is 1. The van der Waals surface area contributed by atoms with Gasteiger partial charge in [-0.3, -0.25) is 0 Å². The molecule has 0 bridgehead atoms. The van der Waals surface area contributed by atoms with Crippen molar-refractivity contribution in [2.45, 2.75) is 6.92 Å². The topological polar surface area (TPSA) is 26.3 Å². The average Bonchev–Trinajstić information content (AvgIpc) is 2.36. The lowest BCUT2D eigenvalue weighted by atomic mass is 10.2. The van der Waals surface area contributed by atoms with E-state index in [2.05, 4.69) is 0 Å². The molecule has 0 saturated carbocycles. The Morgan fingerprint density at radius 1 is 1.05 bits per heavy atom. The number of carbonyl (C=O) groups excluding carboxylic acids is 1. The summed E-state index contributed by atoms with van der Waals surface area (Å²) in [6, 6.07) is 8.02. The fourth-order valence-corrected chi connectivity index (χ4v) is 1.52. The summed E-state index contributed by atoms with van der Waals surface area (Å²) in [5.41, 5.74) is 0.191. The Balaban J connectivity index is 2.28. The first-order chi connectivity index (χ1) is 8.99. The van der Waals surface area contributed by atoms with Gasteiger partial charge in [0.15, 0.2) is 17.5 Å². The quantitative estimate of drug-likeness (QED) is 0.471. The van der Waals surface area contributed by atoms with E-state index in [1.807, 2.05) is 0 Å². The van der Waals surface area contributed by atoms with Crippen molar-refractivity contribution in [2.75, 3.05) is 0 Å². The van der Waals surface area contributed by atoms with Crippen molar-refractivity contribution in [1.29, 1.82) is 0 Å². The van der Waals surface area contributed by atoms with Crippen molar-refractivity contribution in [2.24, 2.45) is 0 Å². The summed E-state index contributed by atoms with van der Waals surface area (Å²) in [5, 5.41) is 0. The van der Waals surface area contributed by atoms with Gasteiger partial charge in [0.05, 0.1) is 5.56 Å². The molecule has 2 aromatic carbocycles. The third-order valence-corrected chi connectivity index (χ3v) is 2.46. The number of hydrogen-bond acceptors (Lipinski definition) is 2. The molecule has 19 heavy (non-hydrogen) atoms. The van der Waals surface area contributed by atoms with Crippen molar-refractivity contribution < 1.29 is 22.7 Å². The monoisotopic (exact) mass is 266 g/mol. The van der Waals surface area contributed by atoms with Gasteiger partial charge in [0.2, 0.25) is 0 Å². The van der Waals surface area contributed by atoms with E-state index in [9.17, 15) is 18.0 Å². The fourth-order valence-electron chi connectivity index (χ4n) is 1.52. The van der Waals surface area contributed by atoms with E-state index in [-0.39, 0.29) is 5.75 Å². The third-order valence-electron chi connectivity index (χ3n) is 2.46. The minimum atomic E-state index is -1.70. The second kappa shape index (κ2) is 5.14. The minimum Gasteiger partial charge on any atom is -0.423 e. The van der Waals surface area contributed by atoms with Gasteiger partial charge in [-0.1, -0.05) is 12.1 Å². The number of benzene rings is 2. The first-order valence-corrected chi connectivity index (χ1v) is 5.41. The van der Waals surface area contributed by atoms with Gasteiger partial charge in [-0.15, -0.1) is 0 Å². The molecule has 0 aliphatic heterocycles. The van der Waals surface area contributed by atoms with Gasteiger partial charge in [0, 0.05) is 0 Å². The average molecular weight is 266 g/mol. The standard InChI is InChI=1S/C14H9F3O2/c1-8-3-2-4-9(7-8)19-14(18)10-5-6-11(15)13(17)12(10)16/h2-7H,1H3. The van der Waals surface area contributed by atoms with Crippen LogP contribution < -0.4 is 4.74 Å². The highest BCUT2D eigenvalue weighted by atomic mass is 19.2. The molecule has 0 heterocycles. The molecule has 0 aliphatic rings. The van der Waals surface area contributed by atoms with E-state index in [0.29, 0.717) is 6.07 Å². The molecule has 0 unspecified atom stereocenters. The lowest BCUT2D eigenvalue weighted by Gasteiger charge is -2.06. The zero-order valence-electron chi connectivity index (χ0n) is 9.91. The maximum absolute atomic E-state index is 13.4. The number of halogens is 3. The summed E-state index contributed by atoms with van der Waals surface area (Å²) in [6.07, 6.45) is 0. The summed E-state index contributed by atoms with van der Waals surface area (Å²) in [7, 11) is 0. The molecule has 0 amide bonds. The van der Waals surface area contributed by atoms with Gasteiger partial charge >= 0.3 is 5.97 Å². The molecule has 0 atom stereocenters. The lowest BCUT2D eigenvalue weighted by Crippen LogP contribution is -2.12.